The molecule has 2 aliphatic heterocycles. The molecule has 4 rings (SSSR count). The van der Waals surface area contributed by atoms with Gasteiger partial charge in [-0.15, -0.1) is 28.6 Å². The number of thioether (sulfide) groups is 2. The molecular weight excluding hydrogens is 512 g/mol. The zero-order chi connectivity index (χ0) is 26.0. The molecule has 2 aromatic rings. The number of carboxylic acids is 2. The highest BCUT2D eigenvalue weighted by Crippen LogP contribution is 2.41. The summed E-state index contributed by atoms with van der Waals surface area (Å²) in [4.78, 5) is 49.6. The molecule has 2 unspecified atom stereocenters. The highest BCUT2D eigenvalue weighted by Gasteiger charge is 2.54. The highest BCUT2D eigenvalue weighted by atomic mass is 32.2. The lowest BCUT2D eigenvalue weighted by atomic mass is 10.0. The molecule has 3 heterocycles. The van der Waals surface area contributed by atoms with Crippen LogP contribution in [-0.2, 0) is 25.6 Å². The fourth-order valence-corrected chi connectivity index (χ4v) is 6.22. The quantitative estimate of drug-likeness (QED) is 0.176. The number of phenolic OH excluding ortho intramolecular Hbond substituents is 1. The summed E-state index contributed by atoms with van der Waals surface area (Å²) in [5.41, 5.74) is 7.27. The van der Waals surface area contributed by atoms with Crippen LogP contribution in [0.2, 0.25) is 0 Å². The standard InChI is InChI=1S/C21H22N6O7S2/c22-14(9-1-3-11(28)4-2-9)17(31)23-15-19(32)27-16(21(33)34)10(8-36-20(15)27)7-35-18-12(24-26-25-18)5-6-13(29)30/h1-4,14-15,20,28H,5-8,22H2,(H,23,31)(H,29,30)(H,33,34)(H,24,25,26)/t14?,15?,20-/m1/s1. The average molecular weight is 535 g/mol. The number of amides is 2. The van der Waals surface area contributed by atoms with Gasteiger partial charge in [0.2, 0.25) is 5.91 Å². The van der Waals surface area contributed by atoms with Gasteiger partial charge in [-0.3, -0.25) is 24.4 Å². The molecule has 1 aromatic carbocycles. The molecule has 1 saturated heterocycles. The Kier molecular flexibility index (Phi) is 7.51. The molecule has 0 bridgehead atoms. The number of carboxylic acid groups (broad SMARTS) is 2. The van der Waals surface area contributed by atoms with Crippen LogP contribution in [0, 0.1) is 0 Å². The van der Waals surface area contributed by atoms with Crippen molar-refractivity contribution in [2.24, 2.45) is 5.73 Å². The van der Waals surface area contributed by atoms with Crippen molar-refractivity contribution in [3.8, 4) is 5.75 Å². The number of H-pyrrole nitrogens is 1. The van der Waals surface area contributed by atoms with E-state index in [0.717, 1.165) is 0 Å². The number of aromatic hydroxyl groups is 1. The second-order valence-corrected chi connectivity index (χ2v) is 10.1. The maximum atomic E-state index is 12.9. The molecule has 36 heavy (non-hydrogen) atoms. The van der Waals surface area contributed by atoms with Gasteiger partial charge in [-0.2, -0.15) is 0 Å². The number of rotatable bonds is 10. The van der Waals surface area contributed by atoms with E-state index in [0.29, 0.717) is 27.6 Å². The summed E-state index contributed by atoms with van der Waals surface area (Å²) in [5, 5.41) is 40.9. The number of hydrogen-bond acceptors (Lipinski definition) is 10. The number of aryl methyl sites for hydroxylation is 1. The summed E-state index contributed by atoms with van der Waals surface area (Å²) in [6, 6.07) is 3.80. The van der Waals surface area contributed by atoms with Crippen LogP contribution >= 0.6 is 23.5 Å². The summed E-state index contributed by atoms with van der Waals surface area (Å²) in [7, 11) is 0. The minimum Gasteiger partial charge on any atom is -0.508 e. The van der Waals surface area contributed by atoms with Gasteiger partial charge in [-0.25, -0.2) is 4.79 Å². The second-order valence-electron chi connectivity index (χ2n) is 7.99. The SMILES string of the molecule is NC(C(=O)NC1C(=O)N2C(C(=O)O)=C(CSc3[nH]nnc3CCC(=O)O)CS[C@H]12)c1ccc(O)cc1. The van der Waals surface area contributed by atoms with Gasteiger partial charge < -0.3 is 26.4 Å². The van der Waals surface area contributed by atoms with Gasteiger partial charge in [-0.05, 0) is 23.3 Å². The van der Waals surface area contributed by atoms with E-state index in [2.05, 4.69) is 20.7 Å². The monoisotopic (exact) mass is 534 g/mol. The predicted octanol–water partition coefficient (Wildman–Crippen LogP) is 0.0582. The first-order valence-electron chi connectivity index (χ1n) is 10.7. The smallest absolute Gasteiger partial charge is 0.352 e. The predicted molar refractivity (Wildman–Crippen MR) is 128 cm³/mol. The number of aromatic amines is 1. The average Bonchev–Trinajstić information content (AvgIpc) is 3.31. The third-order valence-electron chi connectivity index (χ3n) is 5.63. The van der Waals surface area contributed by atoms with Crippen LogP contribution in [0.1, 0.15) is 23.7 Å². The van der Waals surface area contributed by atoms with Crippen LogP contribution in [0.3, 0.4) is 0 Å². The van der Waals surface area contributed by atoms with Crippen LogP contribution in [-0.4, -0.2) is 82.3 Å². The molecule has 2 amide bonds. The number of nitrogens with one attached hydrogen (secondary N) is 2. The van der Waals surface area contributed by atoms with Crippen molar-refractivity contribution in [2.45, 2.75) is 35.3 Å². The van der Waals surface area contributed by atoms with Gasteiger partial charge in [-0.1, -0.05) is 17.3 Å². The number of aromatic nitrogens is 3. The first-order chi connectivity index (χ1) is 17.2. The van der Waals surface area contributed by atoms with Crippen molar-refractivity contribution >= 4 is 47.3 Å². The Morgan fingerprint density at radius 2 is 2.00 bits per heavy atom. The normalized spacial score (nSPS) is 19.9. The maximum Gasteiger partial charge on any atom is 0.352 e. The molecule has 0 spiro atoms. The van der Waals surface area contributed by atoms with Gasteiger partial charge in [0, 0.05) is 17.9 Å². The lowest BCUT2D eigenvalue weighted by Gasteiger charge is -2.49. The molecule has 15 heteroatoms. The number of hydrogen-bond donors (Lipinski definition) is 6. The highest BCUT2D eigenvalue weighted by molar-refractivity contribution is 8.01. The summed E-state index contributed by atoms with van der Waals surface area (Å²) in [5.74, 6) is -2.82. The number of phenols is 1. The van der Waals surface area contributed by atoms with E-state index in [9.17, 15) is 29.4 Å². The van der Waals surface area contributed by atoms with Crippen molar-refractivity contribution < 1.29 is 34.5 Å². The molecule has 0 radical (unpaired) electrons. The summed E-state index contributed by atoms with van der Waals surface area (Å²) in [6.45, 7) is 0. The Balaban J connectivity index is 1.43. The van der Waals surface area contributed by atoms with Crippen molar-refractivity contribution in [1.82, 2.24) is 25.6 Å². The van der Waals surface area contributed by atoms with E-state index in [1.54, 1.807) is 0 Å². The van der Waals surface area contributed by atoms with Gasteiger partial charge in [0.1, 0.15) is 33.9 Å². The zero-order valence-corrected chi connectivity index (χ0v) is 20.2. The van der Waals surface area contributed by atoms with Crippen LogP contribution in [0.5, 0.6) is 5.75 Å². The van der Waals surface area contributed by atoms with E-state index in [1.165, 1.54) is 52.7 Å². The van der Waals surface area contributed by atoms with E-state index in [1.807, 2.05) is 0 Å². The second kappa shape index (κ2) is 10.6. The summed E-state index contributed by atoms with van der Waals surface area (Å²) >= 11 is 2.55. The third kappa shape index (κ3) is 5.17. The van der Waals surface area contributed by atoms with Crippen LogP contribution < -0.4 is 11.1 Å². The van der Waals surface area contributed by atoms with E-state index in [4.69, 9.17) is 10.8 Å². The number of nitrogens with zero attached hydrogens (tertiary/aromatic N) is 3. The molecule has 190 valence electrons. The van der Waals surface area contributed by atoms with Gasteiger partial charge in [0.05, 0.1) is 12.1 Å². The molecule has 7 N–H and O–H groups in total. The third-order valence-corrected chi connectivity index (χ3v) is 8.08. The number of fused-ring (bicyclic) bond motifs is 1. The number of β-lactam (4-membered cyclic amide) rings is 1. The topological polar surface area (TPSA) is 212 Å². The Morgan fingerprint density at radius 3 is 2.67 bits per heavy atom. The number of carbonyl (C=O) groups is 4. The fourth-order valence-electron chi connectivity index (χ4n) is 3.77. The molecule has 0 saturated carbocycles. The van der Waals surface area contributed by atoms with Gasteiger partial charge in [0.15, 0.2) is 0 Å². The van der Waals surface area contributed by atoms with Crippen molar-refractivity contribution in [3.05, 3.63) is 46.8 Å². The first-order valence-corrected chi connectivity index (χ1v) is 12.7. The Hall–Kier alpha value is -3.56. The van der Waals surface area contributed by atoms with Crippen molar-refractivity contribution in [1.29, 1.82) is 0 Å². The van der Waals surface area contributed by atoms with Crippen LogP contribution in [0.25, 0.3) is 0 Å². The minimum absolute atomic E-state index is 0.0250. The lowest BCUT2D eigenvalue weighted by molar-refractivity contribution is -0.150. The molecule has 3 atom stereocenters. The Morgan fingerprint density at radius 1 is 1.28 bits per heavy atom. The molecule has 1 aromatic heterocycles. The van der Waals surface area contributed by atoms with Crippen LogP contribution in [0.15, 0.2) is 40.6 Å². The summed E-state index contributed by atoms with van der Waals surface area (Å²) < 4.78 is 0. The van der Waals surface area contributed by atoms with Crippen molar-refractivity contribution in [2.75, 3.05) is 11.5 Å². The largest absolute Gasteiger partial charge is 0.508 e. The molecule has 0 aliphatic carbocycles. The molecule has 2 aliphatic rings. The number of carbonyl (C=O) groups excluding carboxylic acids is 2. The molecule has 13 nitrogen and oxygen atoms in total. The molecular formula is C21H22N6O7S2. The Bertz CT molecular complexity index is 1230. The van der Waals surface area contributed by atoms with Crippen molar-refractivity contribution in [3.63, 3.8) is 0 Å². The summed E-state index contributed by atoms with van der Waals surface area (Å²) in [6.07, 6.45) is 0.0561. The van der Waals surface area contributed by atoms with Gasteiger partial charge in [0.25, 0.3) is 5.91 Å². The lowest BCUT2D eigenvalue weighted by Crippen LogP contribution is -2.71. The van der Waals surface area contributed by atoms with E-state index < -0.39 is 41.2 Å². The minimum atomic E-state index is -1.26. The van der Waals surface area contributed by atoms with E-state index in [-0.39, 0.29) is 30.0 Å². The fraction of sp³-hybridized carbons (Fsp3) is 0.333. The molecule has 1 fully saturated rings. The van der Waals surface area contributed by atoms with Crippen LogP contribution in [0.4, 0.5) is 0 Å². The van der Waals surface area contributed by atoms with E-state index >= 15 is 0 Å². The van der Waals surface area contributed by atoms with Gasteiger partial charge >= 0.3 is 11.9 Å². The zero-order valence-electron chi connectivity index (χ0n) is 18.6. The number of aliphatic carboxylic acids is 2. The number of nitrogens with two attached hydrogens (primary N) is 1. The number of benzene rings is 1. The maximum absolute atomic E-state index is 12.9. The first kappa shape index (κ1) is 25.5. The Labute approximate surface area is 212 Å².